The second kappa shape index (κ2) is 5.51. The number of aliphatic carboxylic acids is 1. The molecule has 1 aromatic rings. The molecule has 0 aliphatic rings. The standard InChI is InChI=1S/C12H17NO3/c1-8(6-12(14)15)7-13-10(3)11-5-4-9(2)16-11/h4-6,10,13H,7H2,1-3H3,(H,14,15)/b8-6+. The van der Waals surface area contributed by atoms with Crippen molar-refractivity contribution in [3.8, 4) is 0 Å². The van der Waals surface area contributed by atoms with E-state index in [0.29, 0.717) is 6.54 Å². The van der Waals surface area contributed by atoms with Crippen LogP contribution in [0.25, 0.3) is 0 Å². The third kappa shape index (κ3) is 3.90. The van der Waals surface area contributed by atoms with E-state index in [-0.39, 0.29) is 6.04 Å². The van der Waals surface area contributed by atoms with Crippen LogP contribution in [0, 0.1) is 6.92 Å². The molecule has 0 radical (unpaired) electrons. The van der Waals surface area contributed by atoms with Crippen LogP contribution in [0.15, 0.2) is 28.2 Å². The fraction of sp³-hybridized carbons (Fsp3) is 0.417. The largest absolute Gasteiger partial charge is 0.478 e. The van der Waals surface area contributed by atoms with Gasteiger partial charge in [0, 0.05) is 12.6 Å². The van der Waals surface area contributed by atoms with Crippen molar-refractivity contribution in [3.63, 3.8) is 0 Å². The van der Waals surface area contributed by atoms with Crippen molar-refractivity contribution < 1.29 is 14.3 Å². The number of furan rings is 1. The zero-order valence-electron chi connectivity index (χ0n) is 9.78. The van der Waals surface area contributed by atoms with Gasteiger partial charge in [0.1, 0.15) is 11.5 Å². The lowest BCUT2D eigenvalue weighted by Gasteiger charge is -2.11. The second-order valence-corrected chi connectivity index (χ2v) is 3.88. The molecule has 88 valence electrons. The van der Waals surface area contributed by atoms with Gasteiger partial charge in [-0.3, -0.25) is 0 Å². The first kappa shape index (κ1) is 12.5. The maximum Gasteiger partial charge on any atom is 0.328 e. The molecule has 1 unspecified atom stereocenters. The van der Waals surface area contributed by atoms with Gasteiger partial charge >= 0.3 is 5.97 Å². The predicted octanol–water partition coefficient (Wildman–Crippen LogP) is 2.27. The Balaban J connectivity index is 2.47. The van der Waals surface area contributed by atoms with Crippen molar-refractivity contribution in [3.05, 3.63) is 35.3 Å². The predicted molar refractivity (Wildman–Crippen MR) is 61.3 cm³/mol. The van der Waals surface area contributed by atoms with Gasteiger partial charge in [0.05, 0.1) is 6.04 Å². The van der Waals surface area contributed by atoms with E-state index in [1.807, 2.05) is 26.0 Å². The van der Waals surface area contributed by atoms with Crippen LogP contribution in [-0.2, 0) is 4.79 Å². The number of nitrogens with one attached hydrogen (secondary N) is 1. The number of rotatable bonds is 5. The molecule has 16 heavy (non-hydrogen) atoms. The van der Waals surface area contributed by atoms with Gasteiger partial charge in [-0.05, 0) is 32.9 Å². The zero-order valence-corrected chi connectivity index (χ0v) is 9.78. The highest BCUT2D eigenvalue weighted by Crippen LogP contribution is 2.15. The number of carboxylic acids is 1. The first-order valence-electron chi connectivity index (χ1n) is 5.19. The molecule has 1 rings (SSSR count). The minimum atomic E-state index is -0.916. The van der Waals surface area contributed by atoms with E-state index in [4.69, 9.17) is 9.52 Å². The summed E-state index contributed by atoms with van der Waals surface area (Å²) in [5.74, 6) is 0.822. The molecule has 4 nitrogen and oxygen atoms in total. The molecule has 2 N–H and O–H groups in total. The number of hydrogen-bond acceptors (Lipinski definition) is 3. The summed E-state index contributed by atoms with van der Waals surface area (Å²) < 4.78 is 5.46. The van der Waals surface area contributed by atoms with Gasteiger partial charge in [-0.15, -0.1) is 0 Å². The molecule has 0 aliphatic heterocycles. The summed E-state index contributed by atoms with van der Waals surface area (Å²) in [7, 11) is 0. The Kier molecular flexibility index (Phi) is 4.31. The molecule has 0 amide bonds. The Morgan fingerprint density at radius 2 is 2.31 bits per heavy atom. The van der Waals surface area contributed by atoms with E-state index >= 15 is 0 Å². The summed E-state index contributed by atoms with van der Waals surface area (Å²) in [5.41, 5.74) is 0.780. The minimum Gasteiger partial charge on any atom is -0.478 e. The smallest absolute Gasteiger partial charge is 0.328 e. The molecule has 4 heteroatoms. The first-order chi connectivity index (χ1) is 7.49. The normalized spacial score (nSPS) is 13.8. The topological polar surface area (TPSA) is 62.5 Å². The summed E-state index contributed by atoms with van der Waals surface area (Å²) in [5, 5.41) is 11.7. The van der Waals surface area contributed by atoms with E-state index in [2.05, 4.69) is 5.32 Å². The minimum absolute atomic E-state index is 0.0749. The van der Waals surface area contributed by atoms with Gasteiger partial charge in [0.2, 0.25) is 0 Å². The summed E-state index contributed by atoms with van der Waals surface area (Å²) >= 11 is 0. The first-order valence-corrected chi connectivity index (χ1v) is 5.19. The monoisotopic (exact) mass is 223 g/mol. The van der Waals surface area contributed by atoms with E-state index in [1.165, 1.54) is 6.08 Å². The van der Waals surface area contributed by atoms with Gasteiger partial charge in [-0.2, -0.15) is 0 Å². The van der Waals surface area contributed by atoms with Crippen LogP contribution >= 0.6 is 0 Å². The summed E-state index contributed by atoms with van der Waals surface area (Å²) in [4.78, 5) is 10.4. The van der Waals surface area contributed by atoms with E-state index in [9.17, 15) is 4.79 Å². The van der Waals surface area contributed by atoms with Crippen LogP contribution in [0.3, 0.4) is 0 Å². The highest BCUT2D eigenvalue weighted by atomic mass is 16.4. The zero-order chi connectivity index (χ0) is 12.1. The lowest BCUT2D eigenvalue weighted by Crippen LogP contribution is -2.20. The molecule has 0 saturated heterocycles. The second-order valence-electron chi connectivity index (χ2n) is 3.88. The van der Waals surface area contributed by atoms with Crippen molar-refractivity contribution in [2.24, 2.45) is 0 Å². The fourth-order valence-corrected chi connectivity index (χ4v) is 1.36. The fourth-order valence-electron chi connectivity index (χ4n) is 1.36. The lowest BCUT2D eigenvalue weighted by atomic mass is 10.2. The quantitative estimate of drug-likeness (QED) is 0.752. The summed E-state index contributed by atoms with van der Waals surface area (Å²) in [6, 6.07) is 3.90. The molecule has 0 aliphatic carbocycles. The lowest BCUT2D eigenvalue weighted by molar-refractivity contribution is -0.131. The van der Waals surface area contributed by atoms with Crippen LogP contribution in [0.1, 0.15) is 31.4 Å². The molecule has 0 bridgehead atoms. The Morgan fingerprint density at radius 3 is 2.81 bits per heavy atom. The Hall–Kier alpha value is -1.55. The number of hydrogen-bond donors (Lipinski definition) is 2. The number of carbonyl (C=O) groups is 1. The average Bonchev–Trinajstić information content (AvgIpc) is 2.60. The van der Waals surface area contributed by atoms with Crippen LogP contribution < -0.4 is 5.32 Å². The number of aryl methyl sites for hydroxylation is 1. The number of carboxylic acid groups (broad SMARTS) is 1. The molecule has 0 saturated carbocycles. The molecular formula is C12H17NO3. The van der Waals surface area contributed by atoms with Gasteiger partial charge in [0.15, 0.2) is 0 Å². The van der Waals surface area contributed by atoms with Crippen molar-refractivity contribution in [2.75, 3.05) is 6.54 Å². The van der Waals surface area contributed by atoms with Gasteiger partial charge in [-0.25, -0.2) is 4.79 Å². The summed E-state index contributed by atoms with van der Waals surface area (Å²) in [6.07, 6.45) is 1.20. The van der Waals surface area contributed by atoms with Gasteiger partial charge < -0.3 is 14.8 Å². The van der Waals surface area contributed by atoms with Crippen molar-refractivity contribution in [1.29, 1.82) is 0 Å². The van der Waals surface area contributed by atoms with Crippen molar-refractivity contribution >= 4 is 5.97 Å². The van der Waals surface area contributed by atoms with Crippen LogP contribution in [0.4, 0.5) is 0 Å². The highest BCUT2D eigenvalue weighted by Gasteiger charge is 2.08. The summed E-state index contributed by atoms with van der Waals surface area (Å²) in [6.45, 7) is 6.19. The third-order valence-electron chi connectivity index (χ3n) is 2.24. The average molecular weight is 223 g/mol. The molecule has 0 fully saturated rings. The highest BCUT2D eigenvalue weighted by molar-refractivity contribution is 5.80. The van der Waals surface area contributed by atoms with E-state index in [0.717, 1.165) is 17.1 Å². The molecule has 0 spiro atoms. The molecule has 1 atom stereocenters. The maximum atomic E-state index is 10.4. The maximum absolute atomic E-state index is 10.4. The van der Waals surface area contributed by atoms with E-state index < -0.39 is 5.97 Å². The Morgan fingerprint density at radius 1 is 1.62 bits per heavy atom. The third-order valence-corrected chi connectivity index (χ3v) is 2.24. The van der Waals surface area contributed by atoms with Crippen LogP contribution in [-0.4, -0.2) is 17.6 Å². The Labute approximate surface area is 95.0 Å². The SMILES string of the molecule is C/C(=C\C(=O)O)CNC(C)c1ccc(C)o1. The van der Waals surface area contributed by atoms with Crippen LogP contribution in [0.5, 0.6) is 0 Å². The van der Waals surface area contributed by atoms with E-state index in [1.54, 1.807) is 6.92 Å². The molecule has 0 aromatic carbocycles. The van der Waals surface area contributed by atoms with Gasteiger partial charge in [0.25, 0.3) is 0 Å². The molecule has 1 aromatic heterocycles. The van der Waals surface area contributed by atoms with Crippen LogP contribution in [0.2, 0.25) is 0 Å². The van der Waals surface area contributed by atoms with Gasteiger partial charge in [-0.1, -0.05) is 5.57 Å². The van der Waals surface area contributed by atoms with Crippen molar-refractivity contribution in [2.45, 2.75) is 26.8 Å². The Bertz CT molecular complexity index is 393. The molecule has 1 heterocycles. The molecular weight excluding hydrogens is 206 g/mol. The van der Waals surface area contributed by atoms with Crippen molar-refractivity contribution in [1.82, 2.24) is 5.32 Å².